The highest BCUT2D eigenvalue weighted by Crippen LogP contribution is 2.18. The lowest BCUT2D eigenvalue weighted by molar-refractivity contribution is -0.145. The summed E-state index contributed by atoms with van der Waals surface area (Å²) >= 11 is 0. The van der Waals surface area contributed by atoms with Gasteiger partial charge in [0, 0.05) is 31.6 Å². The predicted molar refractivity (Wildman–Crippen MR) is 105 cm³/mol. The molecule has 9 nitrogen and oxygen atoms in total. The lowest BCUT2D eigenvalue weighted by atomic mass is 10.1. The molecule has 1 aliphatic heterocycles. The van der Waals surface area contributed by atoms with E-state index in [-0.39, 0.29) is 30.9 Å². The molecule has 1 N–H and O–H groups in total. The van der Waals surface area contributed by atoms with Crippen LogP contribution < -0.4 is 0 Å². The van der Waals surface area contributed by atoms with Crippen molar-refractivity contribution in [2.45, 2.75) is 38.8 Å². The fourth-order valence-corrected chi connectivity index (χ4v) is 3.64. The molecule has 1 aromatic carbocycles. The molecule has 0 aliphatic carbocycles. The smallest absolute Gasteiger partial charge is 0.323 e. The van der Waals surface area contributed by atoms with Crippen molar-refractivity contribution < 1.29 is 19.5 Å². The molecule has 2 amide bonds. The number of carboxylic acid groups (broad SMARTS) is 1. The molecule has 1 atom stereocenters. The molecule has 0 saturated carbocycles. The first-order valence-corrected chi connectivity index (χ1v) is 9.66. The third kappa shape index (κ3) is 5.40. The van der Waals surface area contributed by atoms with Gasteiger partial charge in [-0.3, -0.25) is 14.4 Å². The number of hydrogen-bond acceptors (Lipinski definition) is 5. The van der Waals surface area contributed by atoms with Crippen LogP contribution in [-0.4, -0.2) is 73.4 Å². The Labute approximate surface area is 168 Å². The molecule has 0 bridgehead atoms. The Bertz CT molecular complexity index is 867. The van der Waals surface area contributed by atoms with Gasteiger partial charge >= 0.3 is 5.97 Å². The van der Waals surface area contributed by atoms with Crippen LogP contribution in [0.4, 0.5) is 0 Å². The molecule has 2 heterocycles. The van der Waals surface area contributed by atoms with Crippen LogP contribution in [0.5, 0.6) is 0 Å². The van der Waals surface area contributed by atoms with Gasteiger partial charge in [-0.1, -0.05) is 35.5 Å². The molecule has 0 radical (unpaired) electrons. The molecular weight excluding hydrogens is 374 g/mol. The van der Waals surface area contributed by atoms with Gasteiger partial charge in [-0.2, -0.15) is 0 Å². The Morgan fingerprint density at radius 2 is 1.93 bits per heavy atom. The molecular formula is C20H25N5O4. The zero-order chi connectivity index (χ0) is 20.8. The largest absolute Gasteiger partial charge is 0.480 e. The maximum atomic E-state index is 12.7. The van der Waals surface area contributed by atoms with Gasteiger partial charge in [0.05, 0.1) is 6.20 Å². The van der Waals surface area contributed by atoms with Gasteiger partial charge < -0.3 is 14.9 Å². The number of carbonyl (C=O) groups excluding carboxylic acids is 2. The summed E-state index contributed by atoms with van der Waals surface area (Å²) in [7, 11) is 0. The van der Waals surface area contributed by atoms with E-state index < -0.39 is 5.97 Å². The van der Waals surface area contributed by atoms with Crippen molar-refractivity contribution in [3.8, 4) is 11.3 Å². The van der Waals surface area contributed by atoms with E-state index in [4.69, 9.17) is 5.11 Å². The first-order chi connectivity index (χ1) is 13.9. The van der Waals surface area contributed by atoms with Crippen LogP contribution >= 0.6 is 0 Å². The van der Waals surface area contributed by atoms with Crippen LogP contribution in [0.1, 0.15) is 26.2 Å². The van der Waals surface area contributed by atoms with Gasteiger partial charge in [0.2, 0.25) is 11.8 Å². The second-order valence-corrected chi connectivity index (χ2v) is 7.17. The Morgan fingerprint density at radius 1 is 1.17 bits per heavy atom. The van der Waals surface area contributed by atoms with Crippen LogP contribution in [0, 0.1) is 0 Å². The highest BCUT2D eigenvalue weighted by atomic mass is 16.4. The summed E-state index contributed by atoms with van der Waals surface area (Å²) in [5, 5.41) is 17.2. The maximum Gasteiger partial charge on any atom is 0.323 e. The highest BCUT2D eigenvalue weighted by Gasteiger charge is 2.27. The average molecular weight is 399 g/mol. The quantitative estimate of drug-likeness (QED) is 0.783. The molecule has 3 rings (SSSR count). The minimum absolute atomic E-state index is 0.0669. The Morgan fingerprint density at radius 3 is 2.62 bits per heavy atom. The van der Waals surface area contributed by atoms with Crippen molar-refractivity contribution in [2.24, 2.45) is 0 Å². The van der Waals surface area contributed by atoms with Crippen LogP contribution in [0.2, 0.25) is 0 Å². The molecule has 1 aliphatic rings. The second kappa shape index (κ2) is 9.31. The van der Waals surface area contributed by atoms with E-state index >= 15 is 0 Å². The maximum absolute atomic E-state index is 12.7. The second-order valence-electron chi connectivity index (χ2n) is 7.17. The van der Waals surface area contributed by atoms with Crippen molar-refractivity contribution in [1.29, 1.82) is 0 Å². The number of aliphatic carboxylic acids is 1. The fraction of sp³-hybridized carbons (Fsp3) is 0.450. The number of carboxylic acids is 1. The number of aromatic nitrogens is 3. The first-order valence-electron chi connectivity index (χ1n) is 9.66. The summed E-state index contributed by atoms with van der Waals surface area (Å²) in [5.41, 5.74) is 1.65. The summed E-state index contributed by atoms with van der Waals surface area (Å²) in [6.45, 7) is 2.22. The minimum atomic E-state index is -1.03. The molecule has 2 aromatic rings. The molecule has 1 saturated heterocycles. The number of carbonyl (C=O) groups is 3. The van der Waals surface area contributed by atoms with E-state index in [1.54, 1.807) is 11.1 Å². The summed E-state index contributed by atoms with van der Waals surface area (Å²) in [6.07, 6.45) is 3.70. The van der Waals surface area contributed by atoms with E-state index in [2.05, 4.69) is 10.3 Å². The Hall–Kier alpha value is -3.23. The van der Waals surface area contributed by atoms with Gasteiger partial charge in [0.1, 0.15) is 18.8 Å². The number of hydrogen-bond donors (Lipinski definition) is 1. The zero-order valence-corrected chi connectivity index (χ0v) is 16.4. The number of amides is 2. The zero-order valence-electron chi connectivity index (χ0n) is 16.4. The summed E-state index contributed by atoms with van der Waals surface area (Å²) < 4.78 is 1.53. The summed E-state index contributed by atoms with van der Waals surface area (Å²) in [6, 6.07) is 9.46. The van der Waals surface area contributed by atoms with Crippen molar-refractivity contribution >= 4 is 17.8 Å². The van der Waals surface area contributed by atoms with E-state index in [1.807, 2.05) is 30.3 Å². The predicted octanol–water partition coefficient (Wildman–Crippen LogP) is 1.26. The molecule has 29 heavy (non-hydrogen) atoms. The first kappa shape index (κ1) is 20.5. The lowest BCUT2D eigenvalue weighted by Gasteiger charge is -2.28. The summed E-state index contributed by atoms with van der Waals surface area (Å²) in [4.78, 5) is 38.7. The highest BCUT2D eigenvalue weighted by molar-refractivity contribution is 5.80. The van der Waals surface area contributed by atoms with Gasteiger partial charge in [-0.25, -0.2) is 4.68 Å². The van der Waals surface area contributed by atoms with E-state index in [0.717, 1.165) is 5.56 Å². The van der Waals surface area contributed by atoms with Gasteiger partial charge in [-0.15, -0.1) is 5.10 Å². The van der Waals surface area contributed by atoms with Crippen LogP contribution in [-0.2, 0) is 20.9 Å². The van der Waals surface area contributed by atoms with Crippen molar-refractivity contribution in [1.82, 2.24) is 24.8 Å². The molecule has 0 spiro atoms. The molecule has 1 unspecified atom stereocenters. The van der Waals surface area contributed by atoms with E-state index in [9.17, 15) is 14.4 Å². The average Bonchev–Trinajstić information content (AvgIpc) is 3.02. The molecule has 1 aromatic heterocycles. The third-order valence-electron chi connectivity index (χ3n) is 5.11. The van der Waals surface area contributed by atoms with Gasteiger partial charge in [0.25, 0.3) is 0 Å². The van der Waals surface area contributed by atoms with Crippen LogP contribution in [0.25, 0.3) is 11.3 Å². The fourth-order valence-electron chi connectivity index (χ4n) is 3.64. The molecule has 9 heteroatoms. The van der Waals surface area contributed by atoms with E-state index in [0.29, 0.717) is 38.0 Å². The SMILES string of the molecule is CC(=O)N(CC(=O)O)C1CCCN(C(=O)Cn2cc(-c3ccccc3)nn2)CC1. The third-order valence-corrected chi connectivity index (χ3v) is 5.11. The summed E-state index contributed by atoms with van der Waals surface area (Å²) in [5.74, 6) is -1.35. The number of likely N-dealkylation sites (tertiary alicyclic amines) is 1. The standard InChI is InChI=1S/C20H25N5O4/c1-15(26)25(14-20(28)29)17-8-5-10-23(11-9-17)19(27)13-24-12-18(21-22-24)16-6-3-2-4-7-16/h2-4,6-7,12,17H,5,8-11,13-14H2,1H3,(H,28,29). The van der Waals surface area contributed by atoms with Gasteiger partial charge in [0.15, 0.2) is 0 Å². The van der Waals surface area contributed by atoms with Crippen molar-refractivity contribution in [3.63, 3.8) is 0 Å². The van der Waals surface area contributed by atoms with Crippen molar-refractivity contribution in [3.05, 3.63) is 36.5 Å². The van der Waals surface area contributed by atoms with Gasteiger partial charge in [-0.05, 0) is 19.3 Å². The topological polar surface area (TPSA) is 109 Å². The monoisotopic (exact) mass is 399 g/mol. The normalized spacial score (nSPS) is 16.9. The Balaban J connectivity index is 1.59. The number of nitrogens with zero attached hydrogens (tertiary/aromatic N) is 5. The number of benzene rings is 1. The van der Waals surface area contributed by atoms with E-state index in [1.165, 1.54) is 16.5 Å². The molecule has 154 valence electrons. The minimum Gasteiger partial charge on any atom is -0.480 e. The Kier molecular flexibility index (Phi) is 6.58. The number of rotatable bonds is 6. The van der Waals surface area contributed by atoms with Crippen LogP contribution in [0.15, 0.2) is 36.5 Å². The molecule has 1 fully saturated rings. The lowest BCUT2D eigenvalue weighted by Crippen LogP contribution is -2.43. The van der Waals surface area contributed by atoms with Crippen LogP contribution in [0.3, 0.4) is 0 Å². The van der Waals surface area contributed by atoms with Crippen molar-refractivity contribution in [2.75, 3.05) is 19.6 Å².